The fraction of sp³-hybridized carbons (Fsp3) is 0.123. The summed E-state index contributed by atoms with van der Waals surface area (Å²) in [6.07, 6.45) is 0. The molecule has 0 aliphatic rings. The molecule has 0 atom stereocenters. The van der Waals surface area contributed by atoms with Crippen molar-refractivity contribution in [3.63, 3.8) is 0 Å². The molecule has 0 aliphatic heterocycles. The quantitative estimate of drug-likeness (QED) is 0.168. The van der Waals surface area contributed by atoms with Crippen molar-refractivity contribution >= 4 is 99.5 Å². The van der Waals surface area contributed by atoms with Crippen LogP contribution >= 0.6 is 0 Å². The van der Waals surface area contributed by atoms with E-state index in [0.29, 0.717) is 0 Å². The number of hydrogen-bond acceptors (Lipinski definition) is 4. The van der Waals surface area contributed by atoms with Crippen LogP contribution in [0.1, 0.15) is 38.9 Å². The van der Waals surface area contributed by atoms with Crippen molar-refractivity contribution in [2.75, 3.05) is 9.80 Å². The van der Waals surface area contributed by atoms with Crippen LogP contribution in [0.25, 0.3) is 65.4 Å². The molecule has 2 aromatic heterocycles. The highest BCUT2D eigenvalue weighted by Gasteiger charge is 2.22. The van der Waals surface area contributed by atoms with Crippen LogP contribution in [-0.2, 0) is 0 Å². The number of benzene rings is 9. The van der Waals surface area contributed by atoms with E-state index in [2.05, 4.69) is 210 Å². The van der Waals surface area contributed by atoms with E-state index in [1.54, 1.807) is 0 Å². The number of furan rings is 2. The first-order chi connectivity index (χ1) is 29.6. The van der Waals surface area contributed by atoms with Crippen molar-refractivity contribution in [1.29, 1.82) is 0 Å². The SMILES string of the molecule is Cc1ccc(N(c2ccc3cc4c(cc3c2)oc2c4cc(C)c3c4cc5ccc(N(c6ccc(C)cc6)c6cc(C)ccc6C)cc5cc4oc23)c2cc(C)ccc2C)cc1. The summed E-state index contributed by atoms with van der Waals surface area (Å²) in [4.78, 5) is 4.73. The molecule has 4 nitrogen and oxygen atoms in total. The monoisotopic (exact) mass is 790 g/mol. The third-order valence-corrected chi connectivity index (χ3v) is 12.6. The average molecular weight is 791 g/mol. The molecule has 0 aliphatic carbocycles. The Balaban J connectivity index is 1.05. The Morgan fingerprint density at radius 2 is 0.754 bits per heavy atom. The van der Waals surface area contributed by atoms with E-state index in [-0.39, 0.29) is 0 Å². The molecule has 0 fully saturated rings. The first-order valence-corrected chi connectivity index (χ1v) is 21.1. The molecule has 9 aromatic carbocycles. The lowest BCUT2D eigenvalue weighted by Crippen LogP contribution is -2.11. The van der Waals surface area contributed by atoms with Gasteiger partial charge in [-0.1, -0.05) is 71.8 Å². The van der Waals surface area contributed by atoms with Gasteiger partial charge in [0.25, 0.3) is 0 Å². The summed E-state index contributed by atoms with van der Waals surface area (Å²) in [5.41, 5.74) is 18.6. The van der Waals surface area contributed by atoms with Crippen molar-refractivity contribution in [2.45, 2.75) is 48.5 Å². The smallest absolute Gasteiger partial charge is 0.178 e. The van der Waals surface area contributed by atoms with Gasteiger partial charge in [-0.15, -0.1) is 0 Å². The highest BCUT2D eigenvalue weighted by Crippen LogP contribution is 2.45. The van der Waals surface area contributed by atoms with Crippen LogP contribution in [0, 0.1) is 48.5 Å². The molecule has 0 saturated carbocycles. The Bertz CT molecular complexity index is 3550. The second-order valence-electron chi connectivity index (χ2n) is 17.2. The lowest BCUT2D eigenvalue weighted by Gasteiger charge is -2.28. The second-order valence-corrected chi connectivity index (χ2v) is 17.2. The van der Waals surface area contributed by atoms with Gasteiger partial charge in [0.1, 0.15) is 11.2 Å². The Kier molecular flexibility index (Phi) is 8.37. The van der Waals surface area contributed by atoms with Gasteiger partial charge in [0, 0.05) is 55.7 Å². The predicted octanol–water partition coefficient (Wildman–Crippen LogP) is 16.9. The number of nitrogens with zero attached hydrogens (tertiary/aromatic N) is 2. The molecule has 4 heteroatoms. The van der Waals surface area contributed by atoms with Crippen molar-refractivity contribution in [2.24, 2.45) is 0 Å². The number of hydrogen-bond donors (Lipinski definition) is 0. The Hall–Kier alpha value is -7.30. The molecule has 0 saturated heterocycles. The number of anilines is 6. The summed E-state index contributed by atoms with van der Waals surface area (Å²) in [6, 6.07) is 55.6. The molecule has 296 valence electrons. The summed E-state index contributed by atoms with van der Waals surface area (Å²) in [7, 11) is 0. The van der Waals surface area contributed by atoms with E-state index in [1.807, 2.05) is 0 Å². The summed E-state index contributed by atoms with van der Waals surface area (Å²) < 4.78 is 13.7. The van der Waals surface area contributed by atoms with Gasteiger partial charge in [0.2, 0.25) is 0 Å². The van der Waals surface area contributed by atoms with Gasteiger partial charge in [-0.3, -0.25) is 0 Å². The number of aryl methyl sites for hydroxylation is 7. The maximum absolute atomic E-state index is 6.86. The topological polar surface area (TPSA) is 32.8 Å². The van der Waals surface area contributed by atoms with E-state index in [4.69, 9.17) is 8.83 Å². The molecule has 0 radical (unpaired) electrons. The van der Waals surface area contributed by atoms with Crippen LogP contribution in [0.3, 0.4) is 0 Å². The van der Waals surface area contributed by atoms with Gasteiger partial charge in [0.05, 0.1) is 0 Å². The lowest BCUT2D eigenvalue weighted by molar-refractivity contribution is 0.633. The summed E-state index contributed by atoms with van der Waals surface area (Å²) in [5, 5.41) is 8.90. The molecule has 61 heavy (non-hydrogen) atoms. The minimum atomic E-state index is 0.782. The molecule has 0 amide bonds. The van der Waals surface area contributed by atoms with Gasteiger partial charge in [-0.05, 0) is 189 Å². The van der Waals surface area contributed by atoms with Crippen molar-refractivity contribution in [1.82, 2.24) is 0 Å². The predicted molar refractivity (Wildman–Crippen MR) is 259 cm³/mol. The fourth-order valence-electron chi connectivity index (χ4n) is 9.27. The van der Waals surface area contributed by atoms with Gasteiger partial charge < -0.3 is 18.6 Å². The molecule has 11 rings (SSSR count). The first-order valence-electron chi connectivity index (χ1n) is 21.1. The van der Waals surface area contributed by atoms with Crippen LogP contribution in [0.2, 0.25) is 0 Å². The second kappa shape index (κ2) is 13.9. The van der Waals surface area contributed by atoms with Crippen LogP contribution in [0.4, 0.5) is 34.1 Å². The fourth-order valence-corrected chi connectivity index (χ4v) is 9.27. The third kappa shape index (κ3) is 6.13. The summed E-state index contributed by atoms with van der Waals surface area (Å²) in [6.45, 7) is 15.1. The van der Waals surface area contributed by atoms with Gasteiger partial charge in [-0.25, -0.2) is 0 Å². The maximum atomic E-state index is 6.86. The van der Waals surface area contributed by atoms with E-state index >= 15 is 0 Å². The van der Waals surface area contributed by atoms with Gasteiger partial charge in [0.15, 0.2) is 11.2 Å². The summed E-state index contributed by atoms with van der Waals surface area (Å²) in [5.74, 6) is 0. The zero-order valence-electron chi connectivity index (χ0n) is 35.6. The van der Waals surface area contributed by atoms with E-state index in [1.165, 1.54) is 44.8 Å². The van der Waals surface area contributed by atoms with E-state index < -0.39 is 0 Å². The standard InChI is InChI=1S/C57H46N2O2/c1-33-10-18-44(19-11-33)58(51-24-35(3)8-14-37(51)5)46-22-16-40-29-48-49-26-39(7)55-50-30-41-17-23-47(59(45-20-12-34(2)13-21-45)52-25-36(4)9-15-38(52)6)28-43(41)32-54(50)61-57(55)56(49)60-53(48)31-42(40)27-46/h8-32H,1-7H3. The Morgan fingerprint density at radius 3 is 1.28 bits per heavy atom. The molecular weight excluding hydrogens is 745 g/mol. The normalized spacial score (nSPS) is 11.9. The Labute approximate surface area is 355 Å². The number of fused-ring (bicyclic) bond motifs is 9. The van der Waals surface area contributed by atoms with Gasteiger partial charge >= 0.3 is 0 Å². The van der Waals surface area contributed by atoms with Crippen molar-refractivity contribution in [3.8, 4) is 0 Å². The highest BCUT2D eigenvalue weighted by atomic mass is 16.4. The molecular formula is C57H46N2O2. The van der Waals surface area contributed by atoms with E-state index in [0.717, 1.165) is 93.7 Å². The minimum Gasteiger partial charge on any atom is -0.452 e. The average Bonchev–Trinajstić information content (AvgIpc) is 3.81. The molecule has 2 heterocycles. The van der Waals surface area contributed by atoms with Crippen molar-refractivity contribution < 1.29 is 8.83 Å². The maximum Gasteiger partial charge on any atom is 0.178 e. The van der Waals surface area contributed by atoms with Crippen molar-refractivity contribution in [3.05, 3.63) is 191 Å². The van der Waals surface area contributed by atoms with E-state index in [9.17, 15) is 0 Å². The Morgan fingerprint density at radius 1 is 0.311 bits per heavy atom. The van der Waals surface area contributed by atoms with Crippen LogP contribution in [0.15, 0.2) is 160 Å². The third-order valence-electron chi connectivity index (χ3n) is 12.6. The zero-order chi connectivity index (χ0) is 41.7. The minimum absolute atomic E-state index is 0.782. The molecule has 0 unspecified atom stereocenters. The molecule has 11 aromatic rings. The summed E-state index contributed by atoms with van der Waals surface area (Å²) >= 11 is 0. The van der Waals surface area contributed by atoms with Crippen LogP contribution in [0.5, 0.6) is 0 Å². The largest absolute Gasteiger partial charge is 0.452 e. The lowest BCUT2D eigenvalue weighted by atomic mass is 10.00. The van der Waals surface area contributed by atoms with Gasteiger partial charge in [-0.2, -0.15) is 0 Å². The number of rotatable bonds is 6. The van der Waals surface area contributed by atoms with Crippen LogP contribution in [-0.4, -0.2) is 0 Å². The highest BCUT2D eigenvalue weighted by molar-refractivity contribution is 6.22. The first kappa shape index (κ1) is 36.8. The van der Waals surface area contributed by atoms with Crippen LogP contribution < -0.4 is 9.80 Å². The molecule has 0 bridgehead atoms. The molecule has 0 N–H and O–H groups in total. The molecule has 0 spiro atoms. The zero-order valence-corrected chi connectivity index (χ0v) is 35.6.